The lowest BCUT2D eigenvalue weighted by Gasteiger charge is -2.07. The normalized spacial score (nSPS) is 11.7. The highest BCUT2D eigenvalue weighted by Gasteiger charge is 2.16. The number of nitrogens with two attached hydrogens (primary N) is 1. The molecule has 1 rings (SSSR count). The number of halogens is 2. The van der Waals surface area contributed by atoms with Crippen LogP contribution in [0.3, 0.4) is 0 Å². The van der Waals surface area contributed by atoms with Gasteiger partial charge in [-0.1, -0.05) is 0 Å². The van der Waals surface area contributed by atoms with Gasteiger partial charge in [-0.15, -0.1) is 0 Å². The summed E-state index contributed by atoms with van der Waals surface area (Å²) in [6, 6.07) is 2.44. The van der Waals surface area contributed by atoms with Gasteiger partial charge in [0.2, 0.25) is 15.9 Å². The summed E-state index contributed by atoms with van der Waals surface area (Å²) in [6.45, 7) is -0.931. The van der Waals surface area contributed by atoms with E-state index >= 15 is 0 Å². The number of alkyl halides is 2. The fourth-order valence-corrected chi connectivity index (χ4v) is 1.47. The van der Waals surface area contributed by atoms with Crippen molar-refractivity contribution < 1.29 is 21.9 Å². The Morgan fingerprint density at radius 1 is 1.53 bits per heavy atom. The Morgan fingerprint density at radius 2 is 2.20 bits per heavy atom. The van der Waals surface area contributed by atoms with Crippen molar-refractivity contribution in [1.29, 1.82) is 0 Å². The van der Waals surface area contributed by atoms with Gasteiger partial charge in [0.1, 0.15) is 4.90 Å². The van der Waals surface area contributed by atoms with E-state index in [4.69, 9.17) is 5.14 Å². The molecule has 0 amide bonds. The molecule has 0 aliphatic carbocycles. The van der Waals surface area contributed by atoms with Gasteiger partial charge >= 0.3 is 0 Å². The Hall–Kier alpha value is -1.28. The van der Waals surface area contributed by atoms with Crippen LogP contribution in [0.5, 0.6) is 5.88 Å². The number of nitrogens with zero attached hydrogens (tertiary/aromatic N) is 1. The zero-order chi connectivity index (χ0) is 11.5. The minimum absolute atomic E-state index is 0.411. The van der Waals surface area contributed by atoms with Crippen molar-refractivity contribution in [3.8, 4) is 5.88 Å². The second kappa shape index (κ2) is 4.49. The highest BCUT2D eigenvalue weighted by Crippen LogP contribution is 2.18. The van der Waals surface area contributed by atoms with Crippen LogP contribution in [0, 0.1) is 0 Å². The molecule has 0 saturated heterocycles. The van der Waals surface area contributed by atoms with Crippen LogP contribution in [-0.4, -0.2) is 26.4 Å². The zero-order valence-electron chi connectivity index (χ0n) is 7.43. The van der Waals surface area contributed by atoms with Crippen LogP contribution in [-0.2, 0) is 10.0 Å². The lowest BCUT2D eigenvalue weighted by Crippen LogP contribution is -2.16. The van der Waals surface area contributed by atoms with Gasteiger partial charge in [0, 0.05) is 6.20 Å². The van der Waals surface area contributed by atoms with E-state index in [0.29, 0.717) is 0 Å². The summed E-state index contributed by atoms with van der Waals surface area (Å²) in [5.74, 6) is -0.416. The molecule has 84 valence electrons. The first-order chi connectivity index (χ1) is 6.91. The third-order valence-electron chi connectivity index (χ3n) is 1.39. The first-order valence-electron chi connectivity index (χ1n) is 3.80. The standard InChI is InChI=1S/C7H8F2N2O3S/c8-6(9)4-14-7-5(15(10,12)13)2-1-3-11-7/h1-3,6H,4H2,(H2,10,12,13). The van der Waals surface area contributed by atoms with Crippen molar-refractivity contribution in [3.05, 3.63) is 18.3 Å². The molecule has 0 fully saturated rings. The van der Waals surface area contributed by atoms with Crippen LogP contribution in [0.4, 0.5) is 8.78 Å². The molecule has 1 heterocycles. The second-order valence-corrected chi connectivity index (χ2v) is 4.08. The molecule has 0 saturated carbocycles. The first kappa shape index (κ1) is 11.8. The van der Waals surface area contributed by atoms with E-state index < -0.39 is 33.8 Å². The van der Waals surface area contributed by atoms with E-state index in [9.17, 15) is 17.2 Å². The summed E-state index contributed by atoms with van der Waals surface area (Å²) >= 11 is 0. The van der Waals surface area contributed by atoms with Gasteiger partial charge in [0.15, 0.2) is 6.61 Å². The molecule has 0 aliphatic rings. The number of ether oxygens (including phenoxy) is 1. The molecule has 0 aromatic carbocycles. The number of hydrogen-bond donors (Lipinski definition) is 1. The van der Waals surface area contributed by atoms with E-state index in [2.05, 4.69) is 9.72 Å². The van der Waals surface area contributed by atoms with Crippen molar-refractivity contribution in [2.24, 2.45) is 5.14 Å². The van der Waals surface area contributed by atoms with Crippen LogP contribution in [0.2, 0.25) is 0 Å². The molecule has 0 radical (unpaired) electrons. The highest BCUT2D eigenvalue weighted by molar-refractivity contribution is 7.89. The van der Waals surface area contributed by atoms with Crippen molar-refractivity contribution in [2.45, 2.75) is 11.3 Å². The Bertz CT molecular complexity index is 436. The predicted octanol–water partition coefficient (Wildman–Crippen LogP) is 0.373. The number of sulfonamides is 1. The quantitative estimate of drug-likeness (QED) is 0.821. The summed E-state index contributed by atoms with van der Waals surface area (Å²) in [4.78, 5) is 3.09. The van der Waals surface area contributed by atoms with Gasteiger partial charge in [-0.3, -0.25) is 0 Å². The van der Waals surface area contributed by atoms with Crippen LogP contribution in [0.15, 0.2) is 23.2 Å². The molecule has 0 unspecified atom stereocenters. The van der Waals surface area contributed by atoms with Crippen LogP contribution < -0.4 is 9.88 Å². The Labute approximate surface area is 84.9 Å². The minimum atomic E-state index is -4.01. The molecule has 2 N–H and O–H groups in total. The van der Waals surface area contributed by atoms with Gasteiger partial charge in [0.25, 0.3) is 6.43 Å². The second-order valence-electron chi connectivity index (χ2n) is 2.55. The van der Waals surface area contributed by atoms with Gasteiger partial charge in [-0.2, -0.15) is 0 Å². The molecule has 0 bridgehead atoms. The van der Waals surface area contributed by atoms with Crippen LogP contribution in [0.25, 0.3) is 0 Å². The summed E-state index contributed by atoms with van der Waals surface area (Å²) in [5, 5.41) is 4.83. The van der Waals surface area contributed by atoms with Crippen LogP contribution in [0.1, 0.15) is 0 Å². The SMILES string of the molecule is NS(=O)(=O)c1cccnc1OCC(F)F. The van der Waals surface area contributed by atoms with Crippen molar-refractivity contribution in [1.82, 2.24) is 4.98 Å². The lowest BCUT2D eigenvalue weighted by atomic mass is 10.5. The number of aromatic nitrogens is 1. The fraction of sp³-hybridized carbons (Fsp3) is 0.286. The van der Waals surface area contributed by atoms with Gasteiger partial charge in [-0.05, 0) is 12.1 Å². The van der Waals surface area contributed by atoms with E-state index in [1.54, 1.807) is 0 Å². The molecule has 5 nitrogen and oxygen atoms in total. The van der Waals surface area contributed by atoms with Gasteiger partial charge in [-0.25, -0.2) is 27.3 Å². The summed E-state index contributed by atoms with van der Waals surface area (Å²) in [5.41, 5.74) is 0. The topological polar surface area (TPSA) is 82.3 Å². The Morgan fingerprint density at radius 3 is 2.73 bits per heavy atom. The van der Waals surface area contributed by atoms with Gasteiger partial charge < -0.3 is 4.74 Å². The molecule has 15 heavy (non-hydrogen) atoms. The summed E-state index contributed by atoms with van der Waals surface area (Å²) in [6.07, 6.45) is -1.49. The van der Waals surface area contributed by atoms with Crippen molar-refractivity contribution in [3.63, 3.8) is 0 Å². The van der Waals surface area contributed by atoms with Crippen LogP contribution >= 0.6 is 0 Å². The molecule has 0 atom stereocenters. The first-order valence-corrected chi connectivity index (χ1v) is 5.34. The average Bonchev–Trinajstić information content (AvgIpc) is 2.13. The zero-order valence-corrected chi connectivity index (χ0v) is 8.25. The minimum Gasteiger partial charge on any atom is -0.471 e. The summed E-state index contributed by atoms with van der Waals surface area (Å²) in [7, 11) is -4.01. The maximum Gasteiger partial charge on any atom is 0.272 e. The molecular formula is C7H8F2N2O3S. The van der Waals surface area contributed by atoms with E-state index in [-0.39, 0.29) is 0 Å². The monoisotopic (exact) mass is 238 g/mol. The third-order valence-corrected chi connectivity index (χ3v) is 2.31. The smallest absolute Gasteiger partial charge is 0.272 e. The van der Waals surface area contributed by atoms with Gasteiger partial charge in [0.05, 0.1) is 0 Å². The number of rotatable bonds is 4. The lowest BCUT2D eigenvalue weighted by molar-refractivity contribution is 0.0779. The maximum absolute atomic E-state index is 11.8. The number of pyridine rings is 1. The highest BCUT2D eigenvalue weighted by atomic mass is 32.2. The molecule has 8 heteroatoms. The summed E-state index contributed by atoms with van der Waals surface area (Å²) < 4.78 is 50.1. The molecule has 0 aliphatic heterocycles. The van der Waals surface area contributed by atoms with E-state index in [1.165, 1.54) is 12.3 Å². The Kier molecular flexibility index (Phi) is 3.53. The number of hydrogen-bond acceptors (Lipinski definition) is 4. The maximum atomic E-state index is 11.8. The number of primary sulfonamides is 1. The molecule has 1 aromatic rings. The van der Waals surface area contributed by atoms with E-state index in [0.717, 1.165) is 6.07 Å². The molecule has 0 spiro atoms. The molecule has 1 aromatic heterocycles. The van der Waals surface area contributed by atoms with Crippen molar-refractivity contribution >= 4 is 10.0 Å². The Balaban J connectivity index is 2.98. The fourth-order valence-electron chi connectivity index (χ4n) is 0.843. The third kappa shape index (κ3) is 3.40. The largest absolute Gasteiger partial charge is 0.471 e. The van der Waals surface area contributed by atoms with E-state index in [1.807, 2.05) is 0 Å². The predicted molar refractivity (Wildman–Crippen MR) is 47.1 cm³/mol. The van der Waals surface area contributed by atoms with Crippen molar-refractivity contribution in [2.75, 3.05) is 6.61 Å². The average molecular weight is 238 g/mol. The molecular weight excluding hydrogens is 230 g/mol.